The van der Waals surface area contributed by atoms with Crippen molar-refractivity contribution in [3.05, 3.63) is 44.3 Å². The highest BCUT2D eigenvalue weighted by molar-refractivity contribution is 9.10. The van der Waals surface area contributed by atoms with Crippen LogP contribution in [0.25, 0.3) is 0 Å². The third-order valence-electron chi connectivity index (χ3n) is 2.38. The van der Waals surface area contributed by atoms with Gasteiger partial charge in [-0.15, -0.1) is 11.3 Å². The Labute approximate surface area is 113 Å². The van der Waals surface area contributed by atoms with Crippen LogP contribution >= 0.6 is 27.3 Å². The molecule has 0 amide bonds. The van der Waals surface area contributed by atoms with Crippen LogP contribution in [-0.2, 0) is 13.2 Å². The maximum Gasteiger partial charge on any atom is 0.127 e. The van der Waals surface area contributed by atoms with E-state index in [0.717, 1.165) is 26.2 Å². The van der Waals surface area contributed by atoms with Gasteiger partial charge in [0.25, 0.3) is 0 Å². The Morgan fingerprint density at radius 2 is 2.29 bits per heavy atom. The molecule has 0 aliphatic rings. The zero-order chi connectivity index (χ0) is 12.3. The van der Waals surface area contributed by atoms with Gasteiger partial charge in [-0.2, -0.15) is 0 Å². The first-order valence-electron chi connectivity index (χ1n) is 5.20. The summed E-state index contributed by atoms with van der Waals surface area (Å²) in [7, 11) is 0. The number of thiazole rings is 1. The van der Waals surface area contributed by atoms with Crippen LogP contribution in [0.2, 0.25) is 0 Å². The monoisotopic (exact) mass is 312 g/mol. The van der Waals surface area contributed by atoms with Crippen LogP contribution in [0.1, 0.15) is 16.0 Å². The van der Waals surface area contributed by atoms with Crippen molar-refractivity contribution in [1.82, 2.24) is 4.98 Å². The molecule has 90 valence electrons. The molecule has 2 aromatic rings. The average Bonchev–Trinajstić information content (AvgIpc) is 2.79. The van der Waals surface area contributed by atoms with E-state index in [1.54, 1.807) is 16.8 Å². The number of aromatic nitrogens is 1. The van der Waals surface area contributed by atoms with Crippen molar-refractivity contribution >= 4 is 27.3 Å². The predicted molar refractivity (Wildman–Crippen MR) is 73.2 cm³/mol. The van der Waals surface area contributed by atoms with Crippen LogP contribution in [0.15, 0.2) is 28.3 Å². The van der Waals surface area contributed by atoms with E-state index in [9.17, 15) is 0 Å². The van der Waals surface area contributed by atoms with Crippen molar-refractivity contribution < 1.29 is 4.74 Å². The molecule has 0 saturated heterocycles. The number of hydrogen-bond acceptors (Lipinski definition) is 4. The summed E-state index contributed by atoms with van der Waals surface area (Å²) >= 11 is 5.05. The first kappa shape index (κ1) is 12.5. The molecular weight excluding hydrogens is 300 g/mol. The molecule has 0 fully saturated rings. The second-order valence-electron chi connectivity index (χ2n) is 3.67. The number of hydrogen-bond donors (Lipinski definition) is 1. The largest absolute Gasteiger partial charge is 0.487 e. The third-order valence-corrected chi connectivity index (χ3v) is 3.59. The van der Waals surface area contributed by atoms with Gasteiger partial charge in [0.1, 0.15) is 12.4 Å². The molecule has 0 aliphatic heterocycles. The number of aryl methyl sites for hydroxylation is 1. The van der Waals surface area contributed by atoms with E-state index in [2.05, 4.69) is 20.9 Å². The van der Waals surface area contributed by atoms with Gasteiger partial charge in [-0.1, -0.05) is 15.9 Å². The van der Waals surface area contributed by atoms with Crippen LogP contribution in [0.3, 0.4) is 0 Å². The molecule has 0 spiro atoms. The Kier molecular flexibility index (Phi) is 4.15. The van der Waals surface area contributed by atoms with E-state index in [-0.39, 0.29) is 0 Å². The molecule has 2 rings (SSSR count). The van der Waals surface area contributed by atoms with Crippen molar-refractivity contribution in [2.75, 3.05) is 0 Å². The second-order valence-corrected chi connectivity index (χ2v) is 5.56. The second kappa shape index (κ2) is 5.62. The minimum Gasteiger partial charge on any atom is -0.487 e. The van der Waals surface area contributed by atoms with Gasteiger partial charge in [0.15, 0.2) is 0 Å². The standard InChI is InChI=1S/C12H13BrN2OS/c1-8-2-10(13)3-9(4-14)12(8)16-6-11-5-15-7-17-11/h2-3,5,7H,4,6,14H2,1H3. The lowest BCUT2D eigenvalue weighted by molar-refractivity contribution is 0.304. The van der Waals surface area contributed by atoms with Gasteiger partial charge in [-0.25, -0.2) is 0 Å². The molecule has 1 aromatic carbocycles. The Hall–Kier alpha value is -0.910. The fourth-order valence-corrected chi connectivity index (χ4v) is 2.74. The topological polar surface area (TPSA) is 48.1 Å². The highest BCUT2D eigenvalue weighted by Gasteiger charge is 2.08. The lowest BCUT2D eigenvalue weighted by Gasteiger charge is -2.13. The smallest absolute Gasteiger partial charge is 0.127 e. The molecule has 0 radical (unpaired) electrons. The maximum atomic E-state index is 5.83. The van der Waals surface area contributed by atoms with Gasteiger partial charge >= 0.3 is 0 Å². The first-order valence-corrected chi connectivity index (χ1v) is 6.87. The van der Waals surface area contributed by atoms with Crippen molar-refractivity contribution in [2.24, 2.45) is 5.73 Å². The van der Waals surface area contributed by atoms with Crippen LogP contribution in [0.4, 0.5) is 0 Å². The minimum absolute atomic E-state index is 0.471. The quantitative estimate of drug-likeness (QED) is 0.942. The van der Waals surface area contributed by atoms with Gasteiger partial charge < -0.3 is 10.5 Å². The molecule has 5 heteroatoms. The maximum absolute atomic E-state index is 5.83. The van der Waals surface area contributed by atoms with Crippen LogP contribution < -0.4 is 10.5 Å². The molecule has 0 aliphatic carbocycles. The zero-order valence-corrected chi connectivity index (χ0v) is 11.8. The third kappa shape index (κ3) is 3.06. The molecule has 1 heterocycles. The molecule has 17 heavy (non-hydrogen) atoms. The van der Waals surface area contributed by atoms with E-state index < -0.39 is 0 Å². The summed E-state index contributed by atoms with van der Waals surface area (Å²) in [6, 6.07) is 4.02. The summed E-state index contributed by atoms with van der Waals surface area (Å²) in [5, 5.41) is 0. The number of benzene rings is 1. The van der Waals surface area contributed by atoms with Gasteiger partial charge in [0.05, 0.1) is 10.4 Å². The minimum atomic E-state index is 0.471. The fourth-order valence-electron chi connectivity index (χ4n) is 1.61. The van der Waals surface area contributed by atoms with E-state index in [1.807, 2.05) is 25.3 Å². The summed E-state index contributed by atoms with van der Waals surface area (Å²) in [6.07, 6.45) is 1.82. The number of halogens is 1. The Balaban J connectivity index is 2.19. The summed E-state index contributed by atoms with van der Waals surface area (Å²) in [6.45, 7) is 3.03. The van der Waals surface area contributed by atoms with Crippen molar-refractivity contribution in [3.63, 3.8) is 0 Å². The summed E-state index contributed by atoms with van der Waals surface area (Å²) in [4.78, 5) is 5.13. The highest BCUT2D eigenvalue weighted by Crippen LogP contribution is 2.28. The SMILES string of the molecule is Cc1cc(Br)cc(CN)c1OCc1cncs1. The normalized spacial score (nSPS) is 10.5. The van der Waals surface area contributed by atoms with E-state index in [0.29, 0.717) is 13.2 Å². The highest BCUT2D eigenvalue weighted by atomic mass is 79.9. The predicted octanol–water partition coefficient (Wildman–Crippen LogP) is 3.25. The summed E-state index contributed by atoms with van der Waals surface area (Å²) in [5.74, 6) is 0.879. The van der Waals surface area contributed by atoms with E-state index in [4.69, 9.17) is 10.5 Å². The number of nitrogens with two attached hydrogens (primary N) is 1. The molecule has 0 unspecified atom stereocenters. The molecule has 0 bridgehead atoms. The summed E-state index contributed by atoms with van der Waals surface area (Å²) < 4.78 is 6.86. The van der Waals surface area contributed by atoms with Crippen molar-refractivity contribution in [3.8, 4) is 5.75 Å². The lowest BCUT2D eigenvalue weighted by atomic mass is 10.1. The first-order chi connectivity index (χ1) is 8.20. The fraction of sp³-hybridized carbons (Fsp3) is 0.250. The average molecular weight is 313 g/mol. The van der Waals surface area contributed by atoms with Gasteiger partial charge in [0, 0.05) is 22.8 Å². The molecule has 1 aromatic heterocycles. The molecule has 0 saturated carbocycles. The van der Waals surface area contributed by atoms with Crippen LogP contribution in [0.5, 0.6) is 5.75 Å². The van der Waals surface area contributed by atoms with E-state index in [1.165, 1.54) is 0 Å². The lowest BCUT2D eigenvalue weighted by Crippen LogP contribution is -2.04. The van der Waals surface area contributed by atoms with E-state index >= 15 is 0 Å². The van der Waals surface area contributed by atoms with Crippen molar-refractivity contribution in [2.45, 2.75) is 20.1 Å². The van der Waals surface area contributed by atoms with Crippen molar-refractivity contribution in [1.29, 1.82) is 0 Å². The number of ether oxygens (including phenoxy) is 1. The molecule has 3 nitrogen and oxygen atoms in total. The Morgan fingerprint density at radius 3 is 2.94 bits per heavy atom. The van der Waals surface area contributed by atoms with Crippen LogP contribution in [0, 0.1) is 6.92 Å². The van der Waals surface area contributed by atoms with Gasteiger partial charge in [0.2, 0.25) is 0 Å². The Bertz CT molecular complexity index is 499. The molecule has 0 atom stereocenters. The Morgan fingerprint density at radius 1 is 1.47 bits per heavy atom. The number of nitrogens with zero attached hydrogens (tertiary/aromatic N) is 1. The van der Waals surface area contributed by atoms with Gasteiger partial charge in [-0.3, -0.25) is 4.98 Å². The molecular formula is C12H13BrN2OS. The van der Waals surface area contributed by atoms with Gasteiger partial charge in [-0.05, 0) is 24.6 Å². The molecule has 2 N–H and O–H groups in total. The summed E-state index contributed by atoms with van der Waals surface area (Å²) in [5.41, 5.74) is 9.63. The zero-order valence-electron chi connectivity index (χ0n) is 9.44. The van der Waals surface area contributed by atoms with Crippen LogP contribution in [-0.4, -0.2) is 4.98 Å². The number of rotatable bonds is 4.